The topological polar surface area (TPSA) is 32.3 Å². The molecular weight excluding hydrogens is 284 g/mol. The number of amides is 1. The Morgan fingerprint density at radius 1 is 1.09 bits per heavy atom. The van der Waals surface area contributed by atoms with Crippen LogP contribution in [-0.2, 0) is 11.3 Å². The first kappa shape index (κ1) is 17.2. The minimum Gasteiger partial charge on any atom is -0.325 e. The van der Waals surface area contributed by atoms with Gasteiger partial charge in [-0.1, -0.05) is 56.3 Å². The average Bonchev–Trinajstić information content (AvgIpc) is 2.55. The van der Waals surface area contributed by atoms with E-state index >= 15 is 0 Å². The lowest BCUT2D eigenvalue weighted by Crippen LogP contribution is -2.29. The Bertz CT molecular complexity index is 607. The van der Waals surface area contributed by atoms with Crippen molar-refractivity contribution in [2.45, 2.75) is 32.7 Å². The van der Waals surface area contributed by atoms with E-state index in [0.717, 1.165) is 18.7 Å². The molecule has 2 rings (SSSR count). The second-order valence-electron chi connectivity index (χ2n) is 6.14. The van der Waals surface area contributed by atoms with Gasteiger partial charge < -0.3 is 5.32 Å². The van der Waals surface area contributed by atoms with Gasteiger partial charge >= 0.3 is 0 Å². The van der Waals surface area contributed by atoms with Gasteiger partial charge in [-0.05, 0) is 42.6 Å². The second-order valence-corrected chi connectivity index (χ2v) is 6.14. The zero-order chi connectivity index (χ0) is 16.7. The molecule has 2 aromatic carbocycles. The molecule has 0 aliphatic carbocycles. The van der Waals surface area contributed by atoms with Gasteiger partial charge in [0, 0.05) is 12.2 Å². The first-order chi connectivity index (χ1) is 11.1. The minimum absolute atomic E-state index is 0.0136. The van der Waals surface area contributed by atoms with E-state index in [0.29, 0.717) is 12.5 Å². The largest absolute Gasteiger partial charge is 0.325 e. The number of benzene rings is 2. The number of likely N-dealkylation sites (N-methyl/N-ethyl adjacent to an activating group) is 1. The van der Waals surface area contributed by atoms with Crippen molar-refractivity contribution >= 4 is 11.6 Å². The molecule has 3 heteroatoms. The molecule has 0 aromatic heterocycles. The van der Waals surface area contributed by atoms with Crippen molar-refractivity contribution in [2.75, 3.05) is 18.9 Å². The van der Waals surface area contributed by atoms with Crippen LogP contribution >= 0.6 is 0 Å². The predicted molar refractivity (Wildman–Crippen MR) is 96.6 cm³/mol. The zero-order valence-corrected chi connectivity index (χ0v) is 14.3. The van der Waals surface area contributed by atoms with Crippen LogP contribution in [-0.4, -0.2) is 24.4 Å². The summed E-state index contributed by atoms with van der Waals surface area (Å²) >= 11 is 0. The van der Waals surface area contributed by atoms with Gasteiger partial charge in [0.15, 0.2) is 0 Å². The monoisotopic (exact) mass is 310 g/mol. The molecular formula is C20H26N2O. The third kappa shape index (κ3) is 5.53. The molecule has 0 saturated heterocycles. The molecule has 0 heterocycles. The van der Waals surface area contributed by atoms with Gasteiger partial charge in [0.1, 0.15) is 0 Å². The van der Waals surface area contributed by atoms with Crippen LogP contribution in [0.1, 0.15) is 37.3 Å². The van der Waals surface area contributed by atoms with Gasteiger partial charge in [-0.3, -0.25) is 9.69 Å². The molecule has 0 radical (unpaired) electrons. The molecule has 1 N–H and O–H groups in total. The maximum Gasteiger partial charge on any atom is 0.238 e. The molecule has 0 aliphatic heterocycles. The van der Waals surface area contributed by atoms with Crippen molar-refractivity contribution in [3.05, 3.63) is 65.7 Å². The van der Waals surface area contributed by atoms with E-state index in [4.69, 9.17) is 0 Å². The molecule has 1 atom stereocenters. The fourth-order valence-electron chi connectivity index (χ4n) is 2.53. The number of anilines is 1. The zero-order valence-electron chi connectivity index (χ0n) is 14.3. The molecule has 1 unspecified atom stereocenters. The number of nitrogens with one attached hydrogen (secondary N) is 1. The highest BCUT2D eigenvalue weighted by Gasteiger charge is 2.08. The van der Waals surface area contributed by atoms with Crippen LogP contribution in [0.2, 0.25) is 0 Å². The number of rotatable bonds is 7. The van der Waals surface area contributed by atoms with E-state index in [1.54, 1.807) is 0 Å². The van der Waals surface area contributed by atoms with E-state index in [9.17, 15) is 4.79 Å². The third-order valence-electron chi connectivity index (χ3n) is 4.08. The second kappa shape index (κ2) is 8.49. The van der Waals surface area contributed by atoms with Crippen LogP contribution in [0, 0.1) is 0 Å². The van der Waals surface area contributed by atoms with Gasteiger partial charge in [-0.15, -0.1) is 0 Å². The predicted octanol–water partition coefficient (Wildman–Crippen LogP) is 4.27. The normalized spacial score (nSPS) is 12.2. The van der Waals surface area contributed by atoms with E-state index in [2.05, 4.69) is 43.4 Å². The van der Waals surface area contributed by atoms with E-state index < -0.39 is 0 Å². The Morgan fingerprint density at radius 2 is 1.74 bits per heavy atom. The van der Waals surface area contributed by atoms with Crippen molar-refractivity contribution in [1.82, 2.24) is 4.90 Å². The van der Waals surface area contributed by atoms with Gasteiger partial charge in [0.2, 0.25) is 5.91 Å². The summed E-state index contributed by atoms with van der Waals surface area (Å²) in [4.78, 5) is 14.1. The Hall–Kier alpha value is -2.13. The number of hydrogen-bond donors (Lipinski definition) is 1. The molecule has 122 valence electrons. The molecule has 0 bridgehead atoms. The molecule has 3 nitrogen and oxygen atoms in total. The molecule has 0 saturated carbocycles. The van der Waals surface area contributed by atoms with Crippen molar-refractivity contribution in [2.24, 2.45) is 0 Å². The first-order valence-corrected chi connectivity index (χ1v) is 8.20. The highest BCUT2D eigenvalue weighted by Crippen LogP contribution is 2.20. The number of carbonyl (C=O) groups is 1. The minimum atomic E-state index is 0.0136. The van der Waals surface area contributed by atoms with Crippen molar-refractivity contribution in [1.29, 1.82) is 0 Å². The number of carbonyl (C=O) groups excluding carboxylic acids is 1. The third-order valence-corrected chi connectivity index (χ3v) is 4.08. The Kier molecular flexibility index (Phi) is 6.36. The molecule has 0 fully saturated rings. The summed E-state index contributed by atoms with van der Waals surface area (Å²) in [5.41, 5.74) is 3.38. The smallest absolute Gasteiger partial charge is 0.238 e. The lowest BCUT2D eigenvalue weighted by atomic mass is 9.99. The van der Waals surface area contributed by atoms with Crippen LogP contribution in [0.4, 0.5) is 5.69 Å². The summed E-state index contributed by atoms with van der Waals surface area (Å²) in [6, 6.07) is 18.3. The van der Waals surface area contributed by atoms with E-state index in [1.807, 2.05) is 42.3 Å². The molecule has 2 aromatic rings. The Balaban J connectivity index is 1.84. The Morgan fingerprint density at radius 3 is 2.35 bits per heavy atom. The maximum absolute atomic E-state index is 12.1. The fraction of sp³-hybridized carbons (Fsp3) is 0.350. The van der Waals surface area contributed by atoms with Gasteiger partial charge in [-0.25, -0.2) is 0 Å². The maximum atomic E-state index is 12.1. The van der Waals surface area contributed by atoms with E-state index in [1.165, 1.54) is 11.1 Å². The quantitative estimate of drug-likeness (QED) is 0.828. The van der Waals surface area contributed by atoms with E-state index in [-0.39, 0.29) is 5.91 Å². The lowest BCUT2D eigenvalue weighted by Gasteiger charge is -2.16. The summed E-state index contributed by atoms with van der Waals surface area (Å²) < 4.78 is 0. The van der Waals surface area contributed by atoms with Crippen molar-refractivity contribution < 1.29 is 4.79 Å². The molecule has 0 spiro atoms. The standard InChI is InChI=1S/C20H26N2O/c1-4-16(2)18-10-12-19(13-11-18)21-20(23)15-22(3)14-17-8-6-5-7-9-17/h5-13,16H,4,14-15H2,1-3H3,(H,21,23). The number of nitrogens with zero attached hydrogens (tertiary/aromatic N) is 1. The number of hydrogen-bond acceptors (Lipinski definition) is 2. The van der Waals surface area contributed by atoms with Crippen molar-refractivity contribution in [3.8, 4) is 0 Å². The van der Waals surface area contributed by atoms with Gasteiger partial charge in [0.05, 0.1) is 6.54 Å². The summed E-state index contributed by atoms with van der Waals surface area (Å²) in [6.45, 7) is 5.54. The summed E-state index contributed by atoms with van der Waals surface area (Å²) in [5, 5.41) is 2.96. The summed E-state index contributed by atoms with van der Waals surface area (Å²) in [6.07, 6.45) is 1.12. The average molecular weight is 310 g/mol. The fourth-order valence-corrected chi connectivity index (χ4v) is 2.53. The van der Waals surface area contributed by atoms with Gasteiger partial charge in [-0.2, -0.15) is 0 Å². The highest BCUT2D eigenvalue weighted by molar-refractivity contribution is 5.92. The molecule has 1 amide bonds. The van der Waals surface area contributed by atoms with Crippen LogP contribution in [0.25, 0.3) is 0 Å². The van der Waals surface area contributed by atoms with Gasteiger partial charge in [0.25, 0.3) is 0 Å². The van der Waals surface area contributed by atoms with Crippen LogP contribution in [0.5, 0.6) is 0 Å². The summed E-state index contributed by atoms with van der Waals surface area (Å²) in [5.74, 6) is 0.566. The van der Waals surface area contributed by atoms with Crippen LogP contribution in [0.15, 0.2) is 54.6 Å². The molecule has 23 heavy (non-hydrogen) atoms. The first-order valence-electron chi connectivity index (χ1n) is 8.20. The Labute approximate surface area is 139 Å². The lowest BCUT2D eigenvalue weighted by molar-refractivity contribution is -0.117. The molecule has 0 aliphatic rings. The van der Waals surface area contributed by atoms with Crippen LogP contribution < -0.4 is 5.32 Å². The van der Waals surface area contributed by atoms with Crippen molar-refractivity contribution in [3.63, 3.8) is 0 Å². The summed E-state index contributed by atoms with van der Waals surface area (Å²) in [7, 11) is 1.96. The highest BCUT2D eigenvalue weighted by atomic mass is 16.2. The van der Waals surface area contributed by atoms with Crippen LogP contribution in [0.3, 0.4) is 0 Å². The SMILES string of the molecule is CCC(C)c1ccc(NC(=O)CN(C)Cc2ccccc2)cc1.